The molecule has 1 aliphatic carbocycles. The maximum atomic E-state index is 12.0. The average Bonchev–Trinajstić information content (AvgIpc) is 3.08. The van der Waals surface area contributed by atoms with Crippen LogP contribution in [0.15, 0.2) is 0 Å². The van der Waals surface area contributed by atoms with Crippen molar-refractivity contribution >= 4 is 12.0 Å². The van der Waals surface area contributed by atoms with Crippen molar-refractivity contribution in [3.63, 3.8) is 0 Å². The van der Waals surface area contributed by atoms with Crippen LogP contribution >= 0.6 is 0 Å². The quantitative estimate of drug-likeness (QED) is 0.805. The summed E-state index contributed by atoms with van der Waals surface area (Å²) in [6.07, 6.45) is 3.76. The van der Waals surface area contributed by atoms with Crippen molar-refractivity contribution in [2.75, 3.05) is 13.1 Å². The molecular weight excluding hydrogens is 232 g/mol. The molecule has 0 aromatic heterocycles. The number of carbonyl (C=O) groups is 2. The lowest BCUT2D eigenvalue weighted by molar-refractivity contribution is -0.139. The molecule has 2 amide bonds. The molecule has 1 saturated carbocycles. The van der Waals surface area contributed by atoms with Crippen LogP contribution in [-0.2, 0) is 4.79 Å². The molecule has 0 spiro atoms. The molecule has 0 radical (unpaired) electrons. The molecule has 0 bridgehead atoms. The summed E-state index contributed by atoms with van der Waals surface area (Å²) in [6, 6.07) is -0.919. The van der Waals surface area contributed by atoms with E-state index >= 15 is 0 Å². The number of carbonyl (C=O) groups excluding carboxylic acids is 1. The van der Waals surface area contributed by atoms with Crippen LogP contribution < -0.4 is 5.32 Å². The van der Waals surface area contributed by atoms with Gasteiger partial charge in [-0.25, -0.2) is 9.59 Å². The second-order valence-corrected chi connectivity index (χ2v) is 6.25. The molecule has 1 saturated heterocycles. The molecule has 18 heavy (non-hydrogen) atoms. The summed E-state index contributed by atoms with van der Waals surface area (Å²) in [5.74, 6) is -0.782. The lowest BCUT2D eigenvalue weighted by atomic mass is 9.83. The van der Waals surface area contributed by atoms with Gasteiger partial charge in [-0.1, -0.05) is 13.8 Å². The molecule has 1 atom stereocenters. The fourth-order valence-electron chi connectivity index (χ4n) is 2.35. The number of nitrogens with one attached hydrogen (secondary N) is 1. The van der Waals surface area contributed by atoms with Crippen molar-refractivity contribution < 1.29 is 14.7 Å². The summed E-state index contributed by atoms with van der Waals surface area (Å²) in [7, 11) is 0. The first kappa shape index (κ1) is 13.2. The van der Waals surface area contributed by atoms with Crippen LogP contribution in [0.4, 0.5) is 4.79 Å². The van der Waals surface area contributed by atoms with E-state index in [9.17, 15) is 9.59 Å². The van der Waals surface area contributed by atoms with Crippen LogP contribution in [-0.4, -0.2) is 41.1 Å². The Kier molecular flexibility index (Phi) is 3.50. The van der Waals surface area contributed by atoms with E-state index in [-0.39, 0.29) is 11.9 Å². The predicted molar refractivity (Wildman–Crippen MR) is 67.3 cm³/mol. The standard InChI is InChI=1S/C13H22N2O3/c1-13(2)5-7-15(8-6-13)12(18)14-10(11(16)17)9-3-4-9/h9-10H,3-8H2,1-2H3,(H,14,18)(H,16,17). The molecule has 5 heteroatoms. The normalized spacial score (nSPS) is 24.4. The van der Waals surface area contributed by atoms with Gasteiger partial charge in [-0.3, -0.25) is 0 Å². The van der Waals surface area contributed by atoms with Crippen molar-refractivity contribution in [3.8, 4) is 0 Å². The number of aliphatic carboxylic acids is 1. The van der Waals surface area contributed by atoms with Gasteiger partial charge in [-0.05, 0) is 37.0 Å². The number of hydrogen-bond acceptors (Lipinski definition) is 2. The van der Waals surface area contributed by atoms with Crippen LogP contribution in [0.2, 0.25) is 0 Å². The van der Waals surface area contributed by atoms with E-state index in [1.165, 1.54) is 0 Å². The topological polar surface area (TPSA) is 69.6 Å². The van der Waals surface area contributed by atoms with E-state index in [2.05, 4.69) is 19.2 Å². The van der Waals surface area contributed by atoms with Crippen LogP contribution in [0.1, 0.15) is 39.5 Å². The van der Waals surface area contributed by atoms with E-state index in [1.54, 1.807) is 4.90 Å². The van der Waals surface area contributed by atoms with Gasteiger partial charge in [-0.2, -0.15) is 0 Å². The molecule has 2 rings (SSSR count). The number of carboxylic acids is 1. The van der Waals surface area contributed by atoms with Gasteiger partial charge in [0.2, 0.25) is 0 Å². The van der Waals surface area contributed by atoms with Gasteiger partial charge in [0.05, 0.1) is 0 Å². The third-order valence-corrected chi connectivity index (χ3v) is 4.04. The van der Waals surface area contributed by atoms with Gasteiger partial charge in [0.15, 0.2) is 0 Å². The first-order chi connectivity index (χ1) is 8.39. The van der Waals surface area contributed by atoms with Crippen LogP contribution in [0.3, 0.4) is 0 Å². The smallest absolute Gasteiger partial charge is 0.326 e. The zero-order valence-corrected chi connectivity index (χ0v) is 11.1. The zero-order valence-electron chi connectivity index (χ0n) is 11.1. The second kappa shape index (κ2) is 4.78. The van der Waals surface area contributed by atoms with E-state index in [0.29, 0.717) is 5.41 Å². The highest BCUT2D eigenvalue weighted by Crippen LogP contribution is 2.33. The highest BCUT2D eigenvalue weighted by Gasteiger charge is 2.38. The van der Waals surface area contributed by atoms with Crippen LogP contribution in [0.5, 0.6) is 0 Å². The minimum Gasteiger partial charge on any atom is -0.480 e. The number of piperidine rings is 1. The van der Waals surface area contributed by atoms with Gasteiger partial charge in [0, 0.05) is 13.1 Å². The summed E-state index contributed by atoms with van der Waals surface area (Å²) in [5, 5.41) is 11.7. The number of hydrogen-bond donors (Lipinski definition) is 2. The monoisotopic (exact) mass is 254 g/mol. The lowest BCUT2D eigenvalue weighted by Gasteiger charge is -2.37. The number of urea groups is 1. The Hall–Kier alpha value is -1.26. The molecule has 1 unspecified atom stereocenters. The van der Waals surface area contributed by atoms with Crippen molar-refractivity contribution in [1.29, 1.82) is 0 Å². The van der Waals surface area contributed by atoms with Gasteiger partial charge in [0.25, 0.3) is 0 Å². The highest BCUT2D eigenvalue weighted by molar-refractivity contribution is 5.83. The third kappa shape index (κ3) is 3.15. The first-order valence-electron chi connectivity index (χ1n) is 6.67. The largest absolute Gasteiger partial charge is 0.480 e. The Morgan fingerprint density at radius 2 is 1.83 bits per heavy atom. The summed E-state index contributed by atoms with van der Waals surface area (Å²) in [5.41, 5.74) is 0.291. The highest BCUT2D eigenvalue weighted by atomic mass is 16.4. The van der Waals surface area contributed by atoms with Crippen molar-refractivity contribution in [2.45, 2.75) is 45.6 Å². The minimum absolute atomic E-state index is 0.132. The summed E-state index contributed by atoms with van der Waals surface area (Å²) in [6.45, 7) is 5.84. The Morgan fingerprint density at radius 3 is 2.28 bits per heavy atom. The van der Waals surface area contributed by atoms with E-state index < -0.39 is 12.0 Å². The van der Waals surface area contributed by atoms with Crippen molar-refractivity contribution in [1.82, 2.24) is 10.2 Å². The predicted octanol–water partition coefficient (Wildman–Crippen LogP) is 1.68. The minimum atomic E-state index is -0.914. The van der Waals surface area contributed by atoms with Gasteiger partial charge >= 0.3 is 12.0 Å². The van der Waals surface area contributed by atoms with Gasteiger partial charge in [0.1, 0.15) is 6.04 Å². The number of amides is 2. The molecular formula is C13H22N2O3. The van der Waals surface area contributed by atoms with Crippen molar-refractivity contribution in [3.05, 3.63) is 0 Å². The Bertz CT molecular complexity index is 340. The second-order valence-electron chi connectivity index (χ2n) is 6.25. The summed E-state index contributed by atoms with van der Waals surface area (Å²) < 4.78 is 0. The lowest BCUT2D eigenvalue weighted by Crippen LogP contribution is -2.51. The number of rotatable bonds is 3. The Labute approximate surface area is 108 Å². The van der Waals surface area contributed by atoms with E-state index in [4.69, 9.17) is 5.11 Å². The molecule has 2 aliphatic rings. The van der Waals surface area contributed by atoms with Crippen LogP contribution in [0, 0.1) is 11.3 Å². The summed E-state index contributed by atoms with van der Waals surface area (Å²) >= 11 is 0. The van der Waals surface area contributed by atoms with Gasteiger partial charge in [-0.15, -0.1) is 0 Å². The molecule has 0 aromatic carbocycles. The van der Waals surface area contributed by atoms with E-state index in [0.717, 1.165) is 38.8 Å². The third-order valence-electron chi connectivity index (χ3n) is 4.04. The molecule has 5 nitrogen and oxygen atoms in total. The molecule has 2 fully saturated rings. The maximum Gasteiger partial charge on any atom is 0.326 e. The SMILES string of the molecule is CC1(C)CCN(C(=O)NC(C(=O)O)C2CC2)CC1. The molecule has 102 valence electrons. The molecule has 2 N–H and O–H groups in total. The van der Waals surface area contributed by atoms with E-state index in [1.807, 2.05) is 0 Å². The van der Waals surface area contributed by atoms with Crippen LogP contribution in [0.25, 0.3) is 0 Å². The maximum absolute atomic E-state index is 12.0. The van der Waals surface area contributed by atoms with Gasteiger partial charge < -0.3 is 15.3 Å². The average molecular weight is 254 g/mol. The fraction of sp³-hybridized carbons (Fsp3) is 0.846. The Morgan fingerprint density at radius 1 is 1.28 bits per heavy atom. The van der Waals surface area contributed by atoms with Crippen molar-refractivity contribution in [2.24, 2.45) is 11.3 Å². The molecule has 1 aliphatic heterocycles. The summed E-state index contributed by atoms with van der Waals surface area (Å²) in [4.78, 5) is 24.8. The fourth-order valence-corrected chi connectivity index (χ4v) is 2.35. The number of nitrogens with zero attached hydrogens (tertiary/aromatic N) is 1. The molecule has 1 heterocycles. The number of likely N-dealkylation sites (tertiary alicyclic amines) is 1. The Balaban J connectivity index is 1.86. The first-order valence-corrected chi connectivity index (χ1v) is 6.67. The molecule has 0 aromatic rings. The zero-order chi connectivity index (χ0) is 13.3. The number of carboxylic acid groups (broad SMARTS) is 1.